The molecule has 0 fully saturated rings. The van der Waals surface area contributed by atoms with E-state index in [0.717, 1.165) is 20.2 Å². The molecule has 0 radical (unpaired) electrons. The van der Waals surface area contributed by atoms with Gasteiger partial charge in [-0.1, -0.05) is 28.1 Å². The molecule has 2 aromatic carbocycles. The highest BCUT2D eigenvalue weighted by Gasteiger charge is 2.17. The van der Waals surface area contributed by atoms with Crippen LogP contribution in [0.3, 0.4) is 0 Å². The monoisotopic (exact) mass is 410 g/mol. The molecule has 0 aliphatic carbocycles. The number of hydrogen-bond donors (Lipinski definition) is 1. The molecule has 0 bridgehead atoms. The standard InChI is InChI=1S/C16H16Br2N2O/c1-2-20(10-11-3-6-13(19)7-4-11)16(21)14-8-5-12(17)9-15(14)18/h3-9H,2,10,19H2,1H3. The lowest BCUT2D eigenvalue weighted by Gasteiger charge is -2.22. The fourth-order valence-electron chi connectivity index (χ4n) is 2.00. The van der Waals surface area contributed by atoms with Gasteiger partial charge in [0.2, 0.25) is 0 Å². The van der Waals surface area contributed by atoms with Crippen LogP contribution in [0.1, 0.15) is 22.8 Å². The number of nitrogen functional groups attached to an aromatic ring is 1. The van der Waals surface area contributed by atoms with E-state index in [9.17, 15) is 4.79 Å². The van der Waals surface area contributed by atoms with Gasteiger partial charge in [-0.25, -0.2) is 0 Å². The third-order valence-corrected chi connectivity index (χ3v) is 4.33. The number of nitrogens with two attached hydrogens (primary N) is 1. The molecule has 0 aliphatic heterocycles. The Morgan fingerprint density at radius 3 is 2.38 bits per heavy atom. The fourth-order valence-corrected chi connectivity index (χ4v) is 3.22. The van der Waals surface area contributed by atoms with Crippen LogP contribution in [0, 0.1) is 0 Å². The van der Waals surface area contributed by atoms with Gasteiger partial charge in [0.15, 0.2) is 0 Å². The lowest BCUT2D eigenvalue weighted by molar-refractivity contribution is 0.0751. The Morgan fingerprint density at radius 2 is 1.81 bits per heavy atom. The van der Waals surface area contributed by atoms with Crippen molar-refractivity contribution in [3.05, 3.63) is 62.5 Å². The van der Waals surface area contributed by atoms with Crippen molar-refractivity contribution in [1.29, 1.82) is 0 Å². The Morgan fingerprint density at radius 1 is 1.14 bits per heavy atom. The van der Waals surface area contributed by atoms with E-state index in [0.29, 0.717) is 18.7 Å². The van der Waals surface area contributed by atoms with E-state index in [1.807, 2.05) is 49.4 Å². The van der Waals surface area contributed by atoms with Crippen LogP contribution in [-0.2, 0) is 6.54 Å². The molecule has 2 N–H and O–H groups in total. The predicted octanol–water partition coefficient (Wildman–Crippen LogP) is 4.46. The van der Waals surface area contributed by atoms with Crippen molar-refractivity contribution in [3.63, 3.8) is 0 Å². The number of nitrogens with zero attached hydrogens (tertiary/aromatic N) is 1. The van der Waals surface area contributed by atoms with Crippen LogP contribution >= 0.6 is 31.9 Å². The maximum atomic E-state index is 12.6. The number of rotatable bonds is 4. The van der Waals surface area contributed by atoms with E-state index in [1.54, 1.807) is 4.90 Å². The lowest BCUT2D eigenvalue weighted by atomic mass is 10.1. The summed E-state index contributed by atoms with van der Waals surface area (Å²) >= 11 is 6.84. The van der Waals surface area contributed by atoms with Crippen LogP contribution in [-0.4, -0.2) is 17.4 Å². The summed E-state index contributed by atoms with van der Waals surface area (Å²) in [5.74, 6) is 0.00806. The maximum Gasteiger partial charge on any atom is 0.255 e. The highest BCUT2D eigenvalue weighted by atomic mass is 79.9. The summed E-state index contributed by atoms with van der Waals surface area (Å²) in [6, 6.07) is 13.2. The van der Waals surface area contributed by atoms with Gasteiger partial charge in [-0.2, -0.15) is 0 Å². The smallest absolute Gasteiger partial charge is 0.255 e. The van der Waals surface area contributed by atoms with Crippen molar-refractivity contribution < 1.29 is 4.79 Å². The summed E-state index contributed by atoms with van der Waals surface area (Å²) in [5, 5.41) is 0. The Hall–Kier alpha value is -1.33. The van der Waals surface area contributed by atoms with E-state index in [2.05, 4.69) is 31.9 Å². The van der Waals surface area contributed by atoms with Gasteiger partial charge in [0, 0.05) is 27.7 Å². The fraction of sp³-hybridized carbons (Fsp3) is 0.188. The number of anilines is 1. The summed E-state index contributed by atoms with van der Waals surface area (Å²) in [5.41, 5.74) is 8.13. The lowest BCUT2D eigenvalue weighted by Crippen LogP contribution is -2.30. The third-order valence-electron chi connectivity index (χ3n) is 3.18. The summed E-state index contributed by atoms with van der Waals surface area (Å²) in [7, 11) is 0. The average molecular weight is 412 g/mol. The van der Waals surface area contributed by atoms with Crippen molar-refractivity contribution in [3.8, 4) is 0 Å². The van der Waals surface area contributed by atoms with E-state index >= 15 is 0 Å². The molecule has 0 saturated carbocycles. The molecule has 2 rings (SSSR count). The largest absolute Gasteiger partial charge is 0.399 e. The number of benzene rings is 2. The third kappa shape index (κ3) is 4.08. The van der Waals surface area contributed by atoms with Crippen molar-refractivity contribution in [2.45, 2.75) is 13.5 Å². The Kier molecular flexibility index (Phi) is 5.42. The molecule has 110 valence electrons. The molecular weight excluding hydrogens is 396 g/mol. The van der Waals surface area contributed by atoms with Crippen LogP contribution in [0.2, 0.25) is 0 Å². The molecule has 0 atom stereocenters. The second kappa shape index (κ2) is 7.09. The molecule has 2 aromatic rings. The Labute approximate surface area is 141 Å². The molecule has 5 heteroatoms. The number of amides is 1. The Balaban J connectivity index is 2.20. The summed E-state index contributed by atoms with van der Waals surface area (Å²) in [6.07, 6.45) is 0. The molecule has 0 aromatic heterocycles. The molecule has 0 unspecified atom stereocenters. The maximum absolute atomic E-state index is 12.6. The van der Waals surface area contributed by atoms with Gasteiger partial charge in [0.25, 0.3) is 5.91 Å². The minimum atomic E-state index is 0.00806. The molecule has 0 heterocycles. The number of carbonyl (C=O) groups excluding carboxylic acids is 1. The second-order valence-electron chi connectivity index (χ2n) is 4.69. The molecule has 3 nitrogen and oxygen atoms in total. The second-order valence-corrected chi connectivity index (χ2v) is 6.46. The molecule has 0 aliphatic rings. The van der Waals surface area contributed by atoms with Crippen molar-refractivity contribution in [2.24, 2.45) is 0 Å². The van der Waals surface area contributed by atoms with Gasteiger partial charge in [-0.15, -0.1) is 0 Å². The topological polar surface area (TPSA) is 46.3 Å². The van der Waals surface area contributed by atoms with Crippen molar-refractivity contribution in [2.75, 3.05) is 12.3 Å². The highest BCUT2D eigenvalue weighted by Crippen LogP contribution is 2.23. The first-order valence-corrected chi connectivity index (χ1v) is 8.18. The van der Waals surface area contributed by atoms with E-state index < -0.39 is 0 Å². The first-order chi connectivity index (χ1) is 10.0. The van der Waals surface area contributed by atoms with Crippen LogP contribution in [0.15, 0.2) is 51.4 Å². The van der Waals surface area contributed by atoms with Crippen LogP contribution in [0.5, 0.6) is 0 Å². The first-order valence-electron chi connectivity index (χ1n) is 6.60. The van der Waals surface area contributed by atoms with Crippen molar-refractivity contribution in [1.82, 2.24) is 4.90 Å². The van der Waals surface area contributed by atoms with Gasteiger partial charge < -0.3 is 10.6 Å². The van der Waals surface area contributed by atoms with Gasteiger partial charge in [-0.05, 0) is 58.7 Å². The zero-order chi connectivity index (χ0) is 15.4. The highest BCUT2D eigenvalue weighted by molar-refractivity contribution is 9.11. The number of carbonyl (C=O) groups is 1. The normalized spacial score (nSPS) is 10.4. The zero-order valence-corrected chi connectivity index (χ0v) is 14.8. The molecule has 21 heavy (non-hydrogen) atoms. The van der Waals surface area contributed by atoms with E-state index in [1.165, 1.54) is 0 Å². The van der Waals surface area contributed by atoms with Gasteiger partial charge >= 0.3 is 0 Å². The molecular formula is C16H16Br2N2O. The minimum Gasteiger partial charge on any atom is -0.399 e. The van der Waals surface area contributed by atoms with E-state index in [-0.39, 0.29) is 5.91 Å². The van der Waals surface area contributed by atoms with Gasteiger partial charge in [0.05, 0.1) is 5.56 Å². The minimum absolute atomic E-state index is 0.00806. The van der Waals surface area contributed by atoms with Crippen molar-refractivity contribution >= 4 is 43.5 Å². The SMILES string of the molecule is CCN(Cc1ccc(N)cc1)C(=O)c1ccc(Br)cc1Br. The first kappa shape index (κ1) is 16.0. The van der Waals surface area contributed by atoms with Crippen LogP contribution in [0.25, 0.3) is 0 Å². The predicted molar refractivity (Wildman–Crippen MR) is 93.1 cm³/mol. The van der Waals surface area contributed by atoms with E-state index in [4.69, 9.17) is 5.73 Å². The van der Waals surface area contributed by atoms with Crippen LogP contribution in [0.4, 0.5) is 5.69 Å². The van der Waals surface area contributed by atoms with Gasteiger partial charge in [-0.3, -0.25) is 4.79 Å². The number of hydrogen-bond acceptors (Lipinski definition) is 2. The van der Waals surface area contributed by atoms with Crippen LogP contribution < -0.4 is 5.73 Å². The molecule has 0 saturated heterocycles. The average Bonchev–Trinajstić information content (AvgIpc) is 2.46. The molecule has 1 amide bonds. The summed E-state index contributed by atoms with van der Waals surface area (Å²) in [6.45, 7) is 3.19. The summed E-state index contributed by atoms with van der Waals surface area (Å²) in [4.78, 5) is 14.4. The molecule has 0 spiro atoms. The Bertz CT molecular complexity index is 641. The summed E-state index contributed by atoms with van der Waals surface area (Å²) < 4.78 is 1.73. The van der Waals surface area contributed by atoms with Gasteiger partial charge in [0.1, 0.15) is 0 Å². The zero-order valence-electron chi connectivity index (χ0n) is 11.6. The number of halogens is 2. The quantitative estimate of drug-likeness (QED) is 0.755.